The maximum Gasteiger partial charge on any atom is 0.416 e. The van der Waals surface area contributed by atoms with E-state index in [1.54, 1.807) is 60.8 Å². The number of hydrogen-bond donors (Lipinski definition) is 4. The number of carbonyl (C=O) groups is 5. The van der Waals surface area contributed by atoms with E-state index < -0.39 is 17.6 Å². The van der Waals surface area contributed by atoms with E-state index in [9.17, 15) is 24.0 Å². The van der Waals surface area contributed by atoms with Gasteiger partial charge in [0.1, 0.15) is 28.2 Å². The topological polar surface area (TPSA) is 219 Å². The van der Waals surface area contributed by atoms with Gasteiger partial charge in [-0.1, -0.05) is 17.7 Å². The average molecular weight is 821 g/mol. The molecule has 18 nitrogen and oxygen atoms in total. The van der Waals surface area contributed by atoms with Gasteiger partial charge < -0.3 is 15.4 Å². The Morgan fingerprint density at radius 1 is 0.915 bits per heavy atom. The summed E-state index contributed by atoms with van der Waals surface area (Å²) in [5, 5.41) is 20.3. The third kappa shape index (κ3) is 9.22. The molecule has 19 heteroatoms. The van der Waals surface area contributed by atoms with Crippen molar-refractivity contribution < 1.29 is 28.7 Å². The van der Waals surface area contributed by atoms with Gasteiger partial charge in [-0.15, -0.1) is 0 Å². The molecule has 2 aliphatic heterocycles. The summed E-state index contributed by atoms with van der Waals surface area (Å²) in [6.07, 6.45) is 12.5. The van der Waals surface area contributed by atoms with Crippen LogP contribution in [0.1, 0.15) is 76.1 Å². The summed E-state index contributed by atoms with van der Waals surface area (Å²) in [4.78, 5) is 74.5. The number of imide groups is 2. The molecule has 0 bridgehead atoms. The summed E-state index contributed by atoms with van der Waals surface area (Å²) in [5.74, 6) is 0.560. The standard InChI is InChI=1S/C21H21N7O2.C19H20ClN5O4/c29-19-10-13(21(30)27-19)9-14-12-24-28-18(25-16-4-5-16)11-17(26-20(14)28)23-8-6-15-3-1-2-7-22-15;1-19(2,3)29-18(28)24(12-4-5-12)15-8-13(20)22-16-11(9-21-25(15)16)6-10-7-14(26)23-17(10)27/h1-3,7,9,11-12,16,25H,4-6,8,10H2,(H,23,26)(H,27,29,30);6,8-9,12H,4-5,7H2,1-3H3,(H,23,26,27)/b13-9+;10-6+. The lowest BCUT2D eigenvalue weighted by atomic mass is 10.1. The van der Waals surface area contributed by atoms with Crippen LogP contribution in [-0.2, 0) is 30.3 Å². The van der Waals surface area contributed by atoms with Gasteiger partial charge in [0.2, 0.25) is 11.8 Å². The Morgan fingerprint density at radius 2 is 1.56 bits per heavy atom. The summed E-state index contributed by atoms with van der Waals surface area (Å²) in [6.45, 7) is 6.09. The zero-order chi connectivity index (χ0) is 41.4. The number of pyridine rings is 1. The van der Waals surface area contributed by atoms with E-state index in [1.165, 1.54) is 10.7 Å². The minimum absolute atomic E-state index is 0.00393. The highest BCUT2D eigenvalue weighted by Crippen LogP contribution is 2.35. The molecule has 7 heterocycles. The number of anilines is 3. The van der Waals surface area contributed by atoms with Gasteiger partial charge in [0.15, 0.2) is 11.3 Å². The number of hydrogen-bond acceptors (Lipinski definition) is 13. The fourth-order valence-electron chi connectivity index (χ4n) is 6.48. The van der Waals surface area contributed by atoms with Gasteiger partial charge in [-0.3, -0.25) is 39.7 Å². The van der Waals surface area contributed by atoms with Gasteiger partial charge >= 0.3 is 6.09 Å². The molecule has 2 aliphatic carbocycles. The summed E-state index contributed by atoms with van der Waals surface area (Å²) < 4.78 is 8.80. The molecule has 304 valence electrons. The highest BCUT2D eigenvalue weighted by molar-refractivity contribution is 6.30. The maximum absolute atomic E-state index is 12.9. The quantitative estimate of drug-likeness (QED) is 0.0868. The number of amides is 5. The molecule has 5 amide bonds. The van der Waals surface area contributed by atoms with Crippen LogP contribution in [0.3, 0.4) is 0 Å². The van der Waals surface area contributed by atoms with Crippen molar-refractivity contribution in [3.8, 4) is 0 Å². The molecule has 0 atom stereocenters. The smallest absolute Gasteiger partial charge is 0.416 e. The van der Waals surface area contributed by atoms with Crippen LogP contribution in [0.5, 0.6) is 0 Å². The van der Waals surface area contributed by atoms with Crippen molar-refractivity contribution in [1.29, 1.82) is 0 Å². The van der Waals surface area contributed by atoms with Gasteiger partial charge in [0, 0.05) is 71.3 Å². The number of halogens is 1. The second kappa shape index (κ2) is 15.9. The lowest BCUT2D eigenvalue weighted by molar-refractivity contribution is -0.125. The Bertz CT molecular complexity index is 2570. The molecule has 2 saturated heterocycles. The van der Waals surface area contributed by atoms with Gasteiger partial charge in [-0.2, -0.15) is 19.2 Å². The number of carbonyl (C=O) groups excluding carboxylic acids is 5. The Balaban J connectivity index is 0.000000164. The van der Waals surface area contributed by atoms with Crippen molar-refractivity contribution in [3.05, 3.63) is 82.0 Å². The second-order valence-electron chi connectivity index (χ2n) is 15.6. The van der Waals surface area contributed by atoms with E-state index in [1.807, 2.05) is 24.3 Å². The zero-order valence-corrected chi connectivity index (χ0v) is 33.2. The van der Waals surface area contributed by atoms with Crippen molar-refractivity contribution in [2.45, 2.75) is 83.4 Å². The van der Waals surface area contributed by atoms with E-state index in [2.05, 4.69) is 41.4 Å². The first-order chi connectivity index (χ1) is 28.3. The fraction of sp³-hybridized carbons (Fsp3) is 0.350. The Kier molecular flexibility index (Phi) is 10.6. The van der Waals surface area contributed by atoms with Crippen LogP contribution in [0.2, 0.25) is 5.15 Å². The molecule has 5 aromatic heterocycles. The maximum atomic E-state index is 12.9. The number of rotatable bonds is 10. The average Bonchev–Trinajstić information content (AvgIpc) is 4.04. The zero-order valence-electron chi connectivity index (χ0n) is 32.5. The lowest BCUT2D eigenvalue weighted by Crippen LogP contribution is -2.39. The highest BCUT2D eigenvalue weighted by atomic mass is 35.5. The van der Waals surface area contributed by atoms with E-state index >= 15 is 0 Å². The largest absolute Gasteiger partial charge is 0.443 e. The fourth-order valence-corrected chi connectivity index (χ4v) is 6.65. The van der Waals surface area contributed by atoms with Crippen LogP contribution < -0.4 is 26.2 Å². The third-order valence-corrected chi connectivity index (χ3v) is 9.68. The van der Waals surface area contributed by atoms with Gasteiger partial charge in [-0.05, 0) is 70.7 Å². The molecule has 4 fully saturated rings. The molecule has 2 saturated carbocycles. The predicted octanol–water partition coefficient (Wildman–Crippen LogP) is 4.50. The first-order valence-corrected chi connectivity index (χ1v) is 19.6. The number of nitrogens with one attached hydrogen (secondary N) is 4. The van der Waals surface area contributed by atoms with Gasteiger partial charge in [0.25, 0.3) is 11.8 Å². The van der Waals surface area contributed by atoms with E-state index in [0.29, 0.717) is 57.8 Å². The van der Waals surface area contributed by atoms with Crippen LogP contribution in [0.15, 0.2) is 60.1 Å². The number of fused-ring (bicyclic) bond motifs is 2. The van der Waals surface area contributed by atoms with Crippen LogP contribution in [0.25, 0.3) is 23.4 Å². The summed E-state index contributed by atoms with van der Waals surface area (Å²) in [5.41, 5.74) is 3.32. The highest BCUT2D eigenvalue weighted by Gasteiger charge is 2.38. The molecule has 0 unspecified atom stereocenters. The molecular weight excluding hydrogens is 780 g/mol. The predicted molar refractivity (Wildman–Crippen MR) is 217 cm³/mol. The molecule has 9 rings (SSSR count). The summed E-state index contributed by atoms with van der Waals surface area (Å²) in [7, 11) is 0. The van der Waals surface area contributed by atoms with Crippen LogP contribution >= 0.6 is 11.6 Å². The second-order valence-corrected chi connectivity index (χ2v) is 16.0. The van der Waals surface area contributed by atoms with Crippen molar-refractivity contribution in [3.63, 3.8) is 0 Å². The van der Waals surface area contributed by atoms with Gasteiger partial charge in [0.05, 0.1) is 25.2 Å². The minimum Gasteiger partial charge on any atom is -0.443 e. The first-order valence-electron chi connectivity index (χ1n) is 19.2. The molecule has 0 radical (unpaired) electrons. The van der Waals surface area contributed by atoms with Crippen molar-refractivity contribution in [2.75, 3.05) is 22.1 Å². The monoisotopic (exact) mass is 820 g/mol. The molecule has 5 aromatic rings. The molecule has 4 aliphatic rings. The number of aromatic nitrogens is 7. The van der Waals surface area contributed by atoms with Crippen molar-refractivity contribution in [1.82, 2.24) is 44.8 Å². The van der Waals surface area contributed by atoms with Gasteiger partial charge in [-0.25, -0.2) is 14.8 Å². The Labute approximate surface area is 342 Å². The third-order valence-electron chi connectivity index (χ3n) is 9.49. The SMILES string of the molecule is CC(C)(C)OC(=O)N(c1cc(Cl)nc2c(/C=C3\CC(=O)NC3=O)cnn12)C1CC1.O=C1C/C(=C\c2cnn3c(NC4CC4)cc(NCCc4ccccn4)nc23)C(=O)N1. The van der Waals surface area contributed by atoms with E-state index in [-0.39, 0.29) is 41.8 Å². The molecule has 59 heavy (non-hydrogen) atoms. The lowest BCUT2D eigenvalue weighted by Gasteiger charge is -2.27. The number of ether oxygens (including phenoxy) is 1. The first kappa shape index (κ1) is 39.2. The van der Waals surface area contributed by atoms with Crippen LogP contribution in [-0.4, -0.2) is 88.1 Å². The van der Waals surface area contributed by atoms with E-state index in [0.717, 1.165) is 43.6 Å². The summed E-state index contributed by atoms with van der Waals surface area (Å²) >= 11 is 6.24. The molecular formula is C40H41ClN12O6. The molecule has 0 aromatic carbocycles. The molecule has 4 N–H and O–H groups in total. The molecule has 0 spiro atoms. The van der Waals surface area contributed by atoms with E-state index in [4.69, 9.17) is 21.3 Å². The van der Waals surface area contributed by atoms with Crippen LogP contribution in [0, 0.1) is 0 Å². The Morgan fingerprint density at radius 3 is 2.12 bits per heavy atom. The summed E-state index contributed by atoms with van der Waals surface area (Å²) in [6, 6.07) is 9.81. The number of nitrogens with zero attached hydrogens (tertiary/aromatic N) is 8. The van der Waals surface area contributed by atoms with Crippen molar-refractivity contribution >= 4 is 82.2 Å². The normalized spacial score (nSPS) is 18.0. The van der Waals surface area contributed by atoms with Crippen LogP contribution in [0.4, 0.5) is 22.2 Å². The van der Waals surface area contributed by atoms with Crippen molar-refractivity contribution in [2.24, 2.45) is 0 Å². The minimum atomic E-state index is -0.651. The Hall–Kier alpha value is -6.69.